The van der Waals surface area contributed by atoms with Gasteiger partial charge in [-0.3, -0.25) is 4.79 Å². The van der Waals surface area contributed by atoms with Gasteiger partial charge < -0.3 is 14.2 Å². The van der Waals surface area contributed by atoms with Crippen molar-refractivity contribution in [2.75, 3.05) is 18.8 Å². The lowest BCUT2D eigenvalue weighted by molar-refractivity contribution is -0.130. The van der Waals surface area contributed by atoms with Gasteiger partial charge in [-0.05, 0) is 30.4 Å². The third-order valence-electron chi connectivity index (χ3n) is 4.66. The smallest absolute Gasteiger partial charge is 0.233 e. The standard InChI is InChI=1S/C19H25ClN4O2S/c1-13-8-14(2)10-24(9-13)18(25)12-27-19-22-21-17(23(19)3)11-26-16-7-5-4-6-15(16)20/h4-7,13-14H,8-12H2,1-3H3. The first-order valence-corrected chi connectivity index (χ1v) is 10.5. The van der Waals surface area contributed by atoms with Gasteiger partial charge in [0.2, 0.25) is 5.91 Å². The Bertz CT molecular complexity index is 788. The number of nitrogens with zero attached hydrogens (tertiary/aromatic N) is 4. The maximum atomic E-state index is 12.5. The minimum absolute atomic E-state index is 0.162. The summed E-state index contributed by atoms with van der Waals surface area (Å²) in [5.41, 5.74) is 0. The summed E-state index contributed by atoms with van der Waals surface area (Å²) < 4.78 is 7.58. The number of piperidine rings is 1. The van der Waals surface area contributed by atoms with Gasteiger partial charge in [-0.2, -0.15) is 0 Å². The van der Waals surface area contributed by atoms with Crippen molar-refractivity contribution in [1.82, 2.24) is 19.7 Å². The zero-order valence-corrected chi connectivity index (χ0v) is 17.5. The van der Waals surface area contributed by atoms with Gasteiger partial charge in [0.15, 0.2) is 11.0 Å². The number of hydrogen-bond acceptors (Lipinski definition) is 5. The molecule has 146 valence electrons. The monoisotopic (exact) mass is 408 g/mol. The lowest BCUT2D eigenvalue weighted by atomic mass is 9.92. The van der Waals surface area contributed by atoms with E-state index in [-0.39, 0.29) is 12.5 Å². The number of halogens is 1. The van der Waals surface area contributed by atoms with Crippen LogP contribution in [0.3, 0.4) is 0 Å². The van der Waals surface area contributed by atoms with E-state index in [0.29, 0.717) is 39.3 Å². The summed E-state index contributed by atoms with van der Waals surface area (Å²) in [7, 11) is 1.88. The Morgan fingerprint density at radius 3 is 2.67 bits per heavy atom. The fourth-order valence-corrected chi connectivity index (χ4v) is 4.41. The summed E-state index contributed by atoms with van der Waals surface area (Å²) >= 11 is 7.51. The molecule has 0 saturated carbocycles. The molecule has 1 aliphatic heterocycles. The molecule has 0 aliphatic carbocycles. The number of aromatic nitrogens is 3. The van der Waals surface area contributed by atoms with Crippen LogP contribution in [0.4, 0.5) is 0 Å². The quantitative estimate of drug-likeness (QED) is 0.683. The van der Waals surface area contributed by atoms with Crippen molar-refractivity contribution >= 4 is 29.3 Å². The number of carbonyl (C=O) groups is 1. The van der Waals surface area contributed by atoms with Crippen molar-refractivity contribution in [3.8, 4) is 5.75 Å². The third kappa shape index (κ3) is 5.17. The van der Waals surface area contributed by atoms with Crippen molar-refractivity contribution in [2.45, 2.75) is 32.0 Å². The van der Waals surface area contributed by atoms with Gasteiger partial charge in [-0.15, -0.1) is 10.2 Å². The predicted molar refractivity (Wildman–Crippen MR) is 107 cm³/mol. The average molecular weight is 409 g/mol. The Morgan fingerprint density at radius 1 is 1.26 bits per heavy atom. The van der Waals surface area contributed by atoms with Crippen LogP contribution in [0.5, 0.6) is 5.75 Å². The van der Waals surface area contributed by atoms with E-state index in [1.54, 1.807) is 6.07 Å². The van der Waals surface area contributed by atoms with Crippen LogP contribution >= 0.6 is 23.4 Å². The normalized spacial score (nSPS) is 19.9. The number of thioether (sulfide) groups is 1. The molecule has 0 bridgehead atoms. The van der Waals surface area contributed by atoms with E-state index in [1.165, 1.54) is 18.2 Å². The Hall–Kier alpha value is -1.73. The molecular formula is C19H25ClN4O2S. The number of rotatable bonds is 6. The van der Waals surface area contributed by atoms with Crippen LogP contribution in [0, 0.1) is 11.8 Å². The van der Waals surface area contributed by atoms with E-state index >= 15 is 0 Å². The zero-order chi connectivity index (χ0) is 19.4. The molecule has 8 heteroatoms. The minimum atomic E-state index is 0.162. The van der Waals surface area contributed by atoms with E-state index in [0.717, 1.165) is 13.1 Å². The maximum Gasteiger partial charge on any atom is 0.233 e. The first-order valence-electron chi connectivity index (χ1n) is 9.10. The summed E-state index contributed by atoms with van der Waals surface area (Å²) in [5.74, 6) is 2.95. The van der Waals surface area contributed by atoms with Crippen molar-refractivity contribution in [1.29, 1.82) is 0 Å². The van der Waals surface area contributed by atoms with Gasteiger partial charge >= 0.3 is 0 Å². The van der Waals surface area contributed by atoms with E-state index in [1.807, 2.05) is 34.7 Å². The van der Waals surface area contributed by atoms with Gasteiger partial charge in [0.05, 0.1) is 10.8 Å². The predicted octanol–water partition coefficient (Wildman–Crippen LogP) is 3.64. The first kappa shape index (κ1) is 20.0. The van der Waals surface area contributed by atoms with Crippen LogP contribution < -0.4 is 4.74 Å². The second-order valence-electron chi connectivity index (χ2n) is 7.21. The van der Waals surface area contributed by atoms with Crippen LogP contribution in [0.1, 0.15) is 26.1 Å². The topological polar surface area (TPSA) is 60.3 Å². The maximum absolute atomic E-state index is 12.5. The number of hydrogen-bond donors (Lipinski definition) is 0. The number of amides is 1. The van der Waals surface area contributed by atoms with Gasteiger partial charge in [-0.25, -0.2) is 0 Å². The van der Waals surface area contributed by atoms with Crippen molar-refractivity contribution in [3.05, 3.63) is 35.1 Å². The molecule has 1 saturated heterocycles. The molecular weight excluding hydrogens is 384 g/mol. The molecule has 2 atom stereocenters. The average Bonchev–Trinajstić information content (AvgIpc) is 2.98. The molecule has 2 heterocycles. The van der Waals surface area contributed by atoms with Crippen LogP contribution in [-0.4, -0.2) is 44.4 Å². The highest BCUT2D eigenvalue weighted by molar-refractivity contribution is 7.99. The molecule has 3 rings (SSSR count). The van der Waals surface area contributed by atoms with Crippen molar-refractivity contribution in [2.24, 2.45) is 18.9 Å². The highest BCUT2D eigenvalue weighted by Gasteiger charge is 2.25. The van der Waals surface area contributed by atoms with Gasteiger partial charge in [-0.1, -0.05) is 49.3 Å². The molecule has 0 spiro atoms. The number of ether oxygens (including phenoxy) is 1. The summed E-state index contributed by atoms with van der Waals surface area (Å²) in [4.78, 5) is 14.5. The van der Waals surface area contributed by atoms with Crippen LogP contribution in [0.15, 0.2) is 29.4 Å². The summed E-state index contributed by atoms with van der Waals surface area (Å²) in [6.45, 7) is 6.37. The van der Waals surface area contributed by atoms with Crippen LogP contribution in [0.25, 0.3) is 0 Å². The summed E-state index contributed by atoms with van der Waals surface area (Å²) in [6, 6.07) is 7.32. The third-order valence-corrected chi connectivity index (χ3v) is 5.98. The molecule has 0 N–H and O–H groups in total. The van der Waals surface area contributed by atoms with Crippen molar-refractivity contribution < 1.29 is 9.53 Å². The van der Waals surface area contributed by atoms with Crippen LogP contribution in [0.2, 0.25) is 5.02 Å². The van der Waals surface area contributed by atoms with E-state index in [9.17, 15) is 4.79 Å². The molecule has 27 heavy (non-hydrogen) atoms. The van der Waals surface area contributed by atoms with Gasteiger partial charge in [0, 0.05) is 20.1 Å². The Morgan fingerprint density at radius 2 is 1.96 bits per heavy atom. The number of benzene rings is 1. The molecule has 1 aliphatic rings. The molecule has 2 aromatic rings. The molecule has 6 nitrogen and oxygen atoms in total. The van der Waals surface area contributed by atoms with E-state index < -0.39 is 0 Å². The number of likely N-dealkylation sites (tertiary alicyclic amines) is 1. The molecule has 2 unspecified atom stereocenters. The lowest BCUT2D eigenvalue weighted by Crippen LogP contribution is -2.43. The fourth-order valence-electron chi connectivity index (χ4n) is 3.38. The van der Waals surface area contributed by atoms with E-state index in [4.69, 9.17) is 16.3 Å². The van der Waals surface area contributed by atoms with Crippen molar-refractivity contribution in [3.63, 3.8) is 0 Å². The number of carbonyl (C=O) groups excluding carboxylic acids is 1. The molecule has 1 aromatic carbocycles. The zero-order valence-electron chi connectivity index (χ0n) is 15.9. The molecule has 1 fully saturated rings. The molecule has 1 amide bonds. The second-order valence-corrected chi connectivity index (χ2v) is 8.56. The highest BCUT2D eigenvalue weighted by Crippen LogP contribution is 2.25. The van der Waals surface area contributed by atoms with E-state index in [2.05, 4.69) is 24.0 Å². The van der Waals surface area contributed by atoms with Gasteiger partial charge in [0.25, 0.3) is 0 Å². The Balaban J connectivity index is 1.54. The summed E-state index contributed by atoms with van der Waals surface area (Å²) in [6.07, 6.45) is 1.19. The Kier molecular flexibility index (Phi) is 6.65. The molecule has 0 radical (unpaired) electrons. The van der Waals surface area contributed by atoms with Crippen LogP contribution in [-0.2, 0) is 18.4 Å². The SMILES string of the molecule is CC1CC(C)CN(C(=O)CSc2nnc(COc3ccccc3Cl)n2C)C1. The Labute approximate surface area is 169 Å². The lowest BCUT2D eigenvalue weighted by Gasteiger charge is -2.34. The fraction of sp³-hybridized carbons (Fsp3) is 0.526. The summed E-state index contributed by atoms with van der Waals surface area (Å²) in [5, 5.41) is 9.63. The van der Waals surface area contributed by atoms with Gasteiger partial charge in [0.1, 0.15) is 12.4 Å². The number of para-hydroxylation sites is 1. The second kappa shape index (κ2) is 8.97. The largest absolute Gasteiger partial charge is 0.484 e. The minimum Gasteiger partial charge on any atom is -0.484 e. The highest BCUT2D eigenvalue weighted by atomic mass is 35.5. The molecule has 1 aromatic heterocycles. The first-order chi connectivity index (χ1) is 12.9.